The lowest BCUT2D eigenvalue weighted by Gasteiger charge is -2.22. The average Bonchev–Trinajstić information content (AvgIpc) is 2.11. The van der Waals surface area contributed by atoms with Gasteiger partial charge in [0.15, 0.2) is 0 Å². The zero-order valence-corrected chi connectivity index (χ0v) is 11.7. The van der Waals surface area contributed by atoms with Gasteiger partial charge in [-0.3, -0.25) is 0 Å². The standard InChI is InChI=1S/C15H27F/c1-8-14(10-13(4)16)11(2)9-12(3)15(5,6)7/h9,13-14H,2,8,10H2,1,3-7H3/b12-9+. The lowest BCUT2D eigenvalue weighted by molar-refractivity contribution is 0.303. The summed E-state index contributed by atoms with van der Waals surface area (Å²) >= 11 is 0. The molecule has 0 radical (unpaired) electrons. The molecule has 0 saturated heterocycles. The summed E-state index contributed by atoms with van der Waals surface area (Å²) in [5, 5.41) is 0. The molecule has 0 spiro atoms. The van der Waals surface area contributed by atoms with Gasteiger partial charge in [-0.2, -0.15) is 0 Å². The van der Waals surface area contributed by atoms with E-state index in [1.54, 1.807) is 6.92 Å². The Kier molecular flexibility index (Phi) is 5.99. The van der Waals surface area contributed by atoms with Gasteiger partial charge in [-0.25, -0.2) is 4.39 Å². The molecule has 0 aromatic heterocycles. The van der Waals surface area contributed by atoms with Crippen molar-refractivity contribution in [2.75, 3.05) is 0 Å². The van der Waals surface area contributed by atoms with Crippen LogP contribution in [0.2, 0.25) is 0 Å². The Hall–Kier alpha value is -0.590. The van der Waals surface area contributed by atoms with E-state index in [4.69, 9.17) is 0 Å². The molecular formula is C15H27F. The molecule has 0 aromatic carbocycles. The molecule has 0 nitrogen and oxygen atoms in total. The molecule has 0 fully saturated rings. The average molecular weight is 226 g/mol. The maximum Gasteiger partial charge on any atom is 0.0979 e. The van der Waals surface area contributed by atoms with Gasteiger partial charge in [0.1, 0.15) is 0 Å². The first-order valence-corrected chi connectivity index (χ1v) is 6.20. The Morgan fingerprint density at radius 3 is 2.19 bits per heavy atom. The summed E-state index contributed by atoms with van der Waals surface area (Å²) in [6, 6.07) is 0. The van der Waals surface area contributed by atoms with Crippen molar-refractivity contribution in [3.05, 3.63) is 23.8 Å². The van der Waals surface area contributed by atoms with Gasteiger partial charge in [0, 0.05) is 0 Å². The quantitative estimate of drug-likeness (QED) is 0.557. The SMILES string of the molecule is C=C(/C=C(\C)C(C)(C)C)C(CC)CC(C)F. The van der Waals surface area contributed by atoms with Gasteiger partial charge in [-0.1, -0.05) is 51.5 Å². The molecular weight excluding hydrogens is 199 g/mol. The van der Waals surface area contributed by atoms with E-state index >= 15 is 0 Å². The van der Waals surface area contributed by atoms with Crippen LogP contribution in [0.1, 0.15) is 54.4 Å². The number of hydrogen-bond donors (Lipinski definition) is 0. The monoisotopic (exact) mass is 226 g/mol. The predicted molar refractivity (Wildman–Crippen MR) is 71.3 cm³/mol. The third kappa shape index (κ3) is 5.48. The molecule has 0 aliphatic heterocycles. The summed E-state index contributed by atoms with van der Waals surface area (Å²) in [5.41, 5.74) is 2.55. The van der Waals surface area contributed by atoms with Crippen molar-refractivity contribution in [3.63, 3.8) is 0 Å². The smallest absolute Gasteiger partial charge is 0.0979 e. The Morgan fingerprint density at radius 2 is 1.88 bits per heavy atom. The fourth-order valence-corrected chi connectivity index (χ4v) is 1.58. The second kappa shape index (κ2) is 6.22. The molecule has 0 aromatic rings. The van der Waals surface area contributed by atoms with Crippen molar-refractivity contribution < 1.29 is 4.39 Å². The molecule has 0 N–H and O–H groups in total. The molecule has 2 unspecified atom stereocenters. The van der Waals surface area contributed by atoms with E-state index < -0.39 is 6.17 Å². The van der Waals surface area contributed by atoms with Gasteiger partial charge in [0.2, 0.25) is 0 Å². The number of rotatable bonds is 5. The number of allylic oxidation sites excluding steroid dienone is 3. The van der Waals surface area contributed by atoms with Gasteiger partial charge < -0.3 is 0 Å². The van der Waals surface area contributed by atoms with E-state index in [1.165, 1.54) is 5.57 Å². The van der Waals surface area contributed by atoms with Crippen LogP contribution >= 0.6 is 0 Å². The number of halogens is 1. The summed E-state index contributed by atoms with van der Waals surface area (Å²) in [6.45, 7) is 16.5. The maximum atomic E-state index is 13.0. The Bertz CT molecular complexity index is 253. The fraction of sp³-hybridized carbons (Fsp3) is 0.733. The van der Waals surface area contributed by atoms with E-state index in [0.29, 0.717) is 6.42 Å². The number of alkyl halides is 1. The summed E-state index contributed by atoms with van der Waals surface area (Å²) in [4.78, 5) is 0. The normalized spacial score (nSPS) is 17.1. The second-order valence-corrected chi connectivity index (χ2v) is 5.77. The largest absolute Gasteiger partial charge is 0.248 e. The van der Waals surface area contributed by atoms with Crippen LogP contribution in [-0.4, -0.2) is 6.17 Å². The van der Waals surface area contributed by atoms with Crippen LogP contribution in [0, 0.1) is 11.3 Å². The van der Waals surface area contributed by atoms with Crippen LogP contribution in [0.4, 0.5) is 4.39 Å². The first kappa shape index (κ1) is 15.4. The summed E-state index contributed by atoms with van der Waals surface area (Å²) < 4.78 is 13.0. The van der Waals surface area contributed by atoms with Gasteiger partial charge in [-0.05, 0) is 38.0 Å². The Morgan fingerprint density at radius 1 is 1.38 bits per heavy atom. The fourth-order valence-electron chi connectivity index (χ4n) is 1.58. The van der Waals surface area contributed by atoms with Crippen LogP contribution < -0.4 is 0 Å². The number of hydrogen-bond acceptors (Lipinski definition) is 0. The minimum Gasteiger partial charge on any atom is -0.248 e. The molecule has 0 bridgehead atoms. The summed E-state index contributed by atoms with van der Waals surface area (Å²) in [5.74, 6) is 0.275. The van der Waals surface area contributed by atoms with Gasteiger partial charge in [0.25, 0.3) is 0 Å². The minimum absolute atomic E-state index is 0.169. The summed E-state index contributed by atoms with van der Waals surface area (Å²) in [7, 11) is 0. The molecule has 0 rings (SSSR count). The van der Waals surface area contributed by atoms with E-state index in [0.717, 1.165) is 12.0 Å². The second-order valence-electron chi connectivity index (χ2n) is 5.77. The van der Waals surface area contributed by atoms with Crippen molar-refractivity contribution in [1.82, 2.24) is 0 Å². The van der Waals surface area contributed by atoms with E-state index in [9.17, 15) is 4.39 Å². The highest BCUT2D eigenvalue weighted by Gasteiger charge is 2.16. The van der Waals surface area contributed by atoms with E-state index in [-0.39, 0.29) is 11.3 Å². The maximum absolute atomic E-state index is 13.0. The van der Waals surface area contributed by atoms with E-state index in [2.05, 4.69) is 47.3 Å². The molecule has 0 saturated carbocycles. The van der Waals surface area contributed by atoms with Crippen molar-refractivity contribution in [3.8, 4) is 0 Å². The van der Waals surface area contributed by atoms with Crippen molar-refractivity contribution in [1.29, 1.82) is 0 Å². The molecule has 94 valence electrons. The van der Waals surface area contributed by atoms with Crippen LogP contribution in [-0.2, 0) is 0 Å². The molecule has 0 aliphatic carbocycles. The third-order valence-electron chi connectivity index (χ3n) is 3.21. The van der Waals surface area contributed by atoms with E-state index in [1.807, 2.05) is 0 Å². The van der Waals surface area contributed by atoms with Crippen molar-refractivity contribution in [2.24, 2.45) is 11.3 Å². The first-order valence-electron chi connectivity index (χ1n) is 6.20. The highest BCUT2D eigenvalue weighted by molar-refractivity contribution is 5.25. The third-order valence-corrected chi connectivity index (χ3v) is 3.21. The van der Waals surface area contributed by atoms with Crippen LogP contribution in [0.15, 0.2) is 23.8 Å². The molecule has 2 atom stereocenters. The molecule has 0 amide bonds. The first-order chi connectivity index (χ1) is 7.18. The lowest BCUT2D eigenvalue weighted by atomic mass is 9.83. The van der Waals surface area contributed by atoms with Crippen LogP contribution in [0.5, 0.6) is 0 Å². The van der Waals surface area contributed by atoms with Crippen molar-refractivity contribution in [2.45, 2.75) is 60.6 Å². The Labute approximate surface area is 101 Å². The molecule has 1 heteroatoms. The van der Waals surface area contributed by atoms with Crippen LogP contribution in [0.25, 0.3) is 0 Å². The van der Waals surface area contributed by atoms with Crippen LogP contribution in [0.3, 0.4) is 0 Å². The van der Waals surface area contributed by atoms with Gasteiger partial charge in [0.05, 0.1) is 6.17 Å². The molecule has 0 heterocycles. The van der Waals surface area contributed by atoms with Gasteiger partial charge in [-0.15, -0.1) is 0 Å². The minimum atomic E-state index is -0.745. The van der Waals surface area contributed by atoms with Gasteiger partial charge >= 0.3 is 0 Å². The topological polar surface area (TPSA) is 0 Å². The Balaban J connectivity index is 4.66. The predicted octanol–water partition coefficient (Wildman–Crippen LogP) is 5.31. The molecule has 0 aliphatic rings. The zero-order valence-electron chi connectivity index (χ0n) is 11.7. The lowest BCUT2D eigenvalue weighted by Crippen LogP contribution is -2.10. The highest BCUT2D eigenvalue weighted by atomic mass is 19.1. The summed E-state index contributed by atoms with van der Waals surface area (Å²) in [6.07, 6.45) is 2.94. The highest BCUT2D eigenvalue weighted by Crippen LogP contribution is 2.29. The molecule has 16 heavy (non-hydrogen) atoms. The zero-order chi connectivity index (χ0) is 12.9. The van der Waals surface area contributed by atoms with Crippen molar-refractivity contribution >= 4 is 0 Å².